The van der Waals surface area contributed by atoms with E-state index in [1.165, 1.54) is 0 Å². The minimum atomic E-state index is -8.65. The van der Waals surface area contributed by atoms with Crippen molar-refractivity contribution in [1.29, 1.82) is 0 Å². The lowest BCUT2D eigenvalue weighted by Gasteiger charge is -2.42. The lowest BCUT2D eigenvalue weighted by atomic mass is 9.88. The van der Waals surface area contributed by atoms with Gasteiger partial charge in [0.25, 0.3) is 0 Å². The molecular formula is C11H5F17O. The molecule has 0 amide bonds. The predicted octanol–water partition coefficient (Wildman–Crippen LogP) is 6.46. The zero-order valence-corrected chi connectivity index (χ0v) is 12.8. The van der Waals surface area contributed by atoms with Crippen molar-refractivity contribution >= 4 is 0 Å². The summed E-state index contributed by atoms with van der Waals surface area (Å²) in [6.07, 6.45) is -10.8. The Labute approximate surface area is 147 Å². The lowest BCUT2D eigenvalue weighted by molar-refractivity contribution is -0.461. The van der Waals surface area contributed by atoms with Crippen LogP contribution in [0.1, 0.15) is 6.42 Å². The first-order valence-corrected chi connectivity index (χ1v) is 6.25. The van der Waals surface area contributed by atoms with Crippen LogP contribution in [0.4, 0.5) is 74.6 Å². The van der Waals surface area contributed by atoms with Gasteiger partial charge < -0.3 is 5.11 Å². The van der Waals surface area contributed by atoms with Crippen LogP contribution in [-0.2, 0) is 0 Å². The zero-order chi connectivity index (χ0) is 24.3. The maximum Gasteiger partial charge on any atom is 0.460 e. The van der Waals surface area contributed by atoms with Gasteiger partial charge in [-0.2, -0.15) is 74.6 Å². The molecule has 1 nitrogen and oxygen atoms in total. The maximum atomic E-state index is 13.2. The fraction of sp³-hybridized carbons (Fsp3) is 0.818. The molecule has 0 saturated heterocycles. The minimum absolute atomic E-state index is 2.06. The van der Waals surface area contributed by atoms with Crippen molar-refractivity contribution in [3.05, 3.63) is 12.3 Å². The number of rotatable bonds is 8. The molecule has 0 aromatic heterocycles. The van der Waals surface area contributed by atoms with Gasteiger partial charge in [0.15, 0.2) is 0 Å². The third kappa shape index (κ3) is 3.55. The molecule has 0 rings (SSSR count). The van der Waals surface area contributed by atoms with Crippen LogP contribution < -0.4 is 0 Å². The summed E-state index contributed by atoms with van der Waals surface area (Å²) in [5.74, 6) is -58.9. The van der Waals surface area contributed by atoms with Crippen LogP contribution in [0.5, 0.6) is 0 Å². The summed E-state index contributed by atoms with van der Waals surface area (Å²) in [6, 6.07) is 0. The predicted molar refractivity (Wildman–Crippen MR) is 57.1 cm³/mol. The normalized spacial score (nSPS) is 16.2. The van der Waals surface area contributed by atoms with Gasteiger partial charge in [-0.3, -0.25) is 0 Å². The largest absolute Gasteiger partial charge is 0.513 e. The molecule has 29 heavy (non-hydrogen) atoms. The first-order chi connectivity index (χ1) is 12.2. The Hall–Kier alpha value is -1.65. The average Bonchev–Trinajstić information content (AvgIpc) is 2.43. The third-order valence-electron chi connectivity index (χ3n) is 3.21. The van der Waals surface area contributed by atoms with Crippen molar-refractivity contribution in [2.75, 3.05) is 0 Å². The smallest absolute Gasteiger partial charge is 0.460 e. The standard InChI is InChI=1S/C11H5F17O/c1-3(29)2-4(12,13)5(14,15)6(16,17)7(18,19)8(20,21)9(22,23)10(24,25)11(26,27)28/h29H,1-2H2. The Morgan fingerprint density at radius 1 is 0.483 bits per heavy atom. The molecule has 0 aliphatic carbocycles. The summed E-state index contributed by atoms with van der Waals surface area (Å²) >= 11 is 0. The van der Waals surface area contributed by atoms with E-state index in [1.54, 1.807) is 0 Å². The van der Waals surface area contributed by atoms with E-state index in [9.17, 15) is 74.6 Å². The van der Waals surface area contributed by atoms with Crippen LogP contribution in [0.2, 0.25) is 0 Å². The molecule has 0 unspecified atom stereocenters. The third-order valence-corrected chi connectivity index (χ3v) is 3.21. The van der Waals surface area contributed by atoms with E-state index < -0.39 is 59.8 Å². The molecule has 0 spiro atoms. The lowest BCUT2D eigenvalue weighted by Crippen LogP contribution is -2.74. The van der Waals surface area contributed by atoms with Gasteiger partial charge >= 0.3 is 47.6 Å². The number of aliphatic hydroxyl groups excluding tert-OH is 1. The monoisotopic (exact) mass is 476 g/mol. The van der Waals surface area contributed by atoms with E-state index in [4.69, 9.17) is 5.11 Å². The van der Waals surface area contributed by atoms with E-state index in [1.807, 2.05) is 0 Å². The van der Waals surface area contributed by atoms with Gasteiger partial charge in [-0.1, -0.05) is 6.58 Å². The van der Waals surface area contributed by atoms with Gasteiger partial charge in [-0.15, -0.1) is 0 Å². The summed E-state index contributed by atoms with van der Waals surface area (Å²) in [5.41, 5.74) is 0. The molecule has 0 aromatic carbocycles. The number of alkyl halides is 17. The highest BCUT2D eigenvalue weighted by molar-refractivity contribution is 5.15. The quantitative estimate of drug-likeness (QED) is 0.315. The molecule has 0 radical (unpaired) electrons. The van der Waals surface area contributed by atoms with Crippen molar-refractivity contribution in [3.8, 4) is 0 Å². The van der Waals surface area contributed by atoms with Crippen LogP contribution in [0, 0.1) is 0 Å². The highest BCUT2D eigenvalue weighted by atomic mass is 19.4. The molecular weight excluding hydrogens is 471 g/mol. The van der Waals surface area contributed by atoms with Crippen molar-refractivity contribution in [1.82, 2.24) is 0 Å². The molecule has 18 heteroatoms. The first-order valence-electron chi connectivity index (χ1n) is 6.25. The first kappa shape index (κ1) is 27.4. The Bertz CT molecular complexity index is 628. The molecule has 0 bridgehead atoms. The molecule has 0 atom stereocenters. The van der Waals surface area contributed by atoms with Gasteiger partial charge in [0.05, 0.1) is 12.2 Å². The Morgan fingerprint density at radius 3 is 0.966 bits per heavy atom. The second-order valence-corrected chi connectivity index (χ2v) is 5.39. The highest BCUT2D eigenvalue weighted by Gasteiger charge is 2.95. The number of allylic oxidation sites excluding steroid dienone is 1. The molecule has 0 heterocycles. The van der Waals surface area contributed by atoms with E-state index in [0.717, 1.165) is 0 Å². The molecule has 0 fully saturated rings. The molecule has 1 N–H and O–H groups in total. The topological polar surface area (TPSA) is 20.2 Å². The van der Waals surface area contributed by atoms with Crippen LogP contribution in [0.15, 0.2) is 12.3 Å². The number of aliphatic hydroxyl groups is 1. The SMILES string of the molecule is C=C(O)CC(F)(F)C(F)(F)C(F)(F)C(F)(F)C(F)(F)C(F)(F)C(F)(F)C(F)(F)F. The van der Waals surface area contributed by atoms with Gasteiger partial charge in [0.2, 0.25) is 0 Å². The molecule has 0 aliphatic rings. The van der Waals surface area contributed by atoms with Crippen LogP contribution in [0.3, 0.4) is 0 Å². The van der Waals surface area contributed by atoms with Gasteiger partial charge in [0.1, 0.15) is 0 Å². The Kier molecular flexibility index (Phi) is 6.30. The zero-order valence-electron chi connectivity index (χ0n) is 12.8. The van der Waals surface area contributed by atoms with Crippen molar-refractivity contribution in [3.63, 3.8) is 0 Å². The fourth-order valence-electron chi connectivity index (χ4n) is 1.56. The summed E-state index contributed by atoms with van der Waals surface area (Å²) in [5, 5.41) is 8.27. The van der Waals surface area contributed by atoms with Crippen molar-refractivity contribution in [2.45, 2.75) is 54.1 Å². The summed E-state index contributed by atoms with van der Waals surface area (Å²) in [4.78, 5) is 0. The Balaban J connectivity index is 6.69. The average molecular weight is 476 g/mol. The summed E-state index contributed by atoms with van der Waals surface area (Å²) in [6.45, 7) is 2.06. The van der Waals surface area contributed by atoms with Gasteiger partial charge in [-0.05, 0) is 0 Å². The molecule has 174 valence electrons. The summed E-state index contributed by atoms with van der Waals surface area (Å²) in [7, 11) is 0. The summed E-state index contributed by atoms with van der Waals surface area (Å²) < 4.78 is 218. The van der Waals surface area contributed by atoms with E-state index >= 15 is 0 Å². The molecule has 0 aliphatic heterocycles. The second kappa shape index (κ2) is 6.68. The number of hydrogen-bond acceptors (Lipinski definition) is 1. The van der Waals surface area contributed by atoms with Crippen LogP contribution in [0.25, 0.3) is 0 Å². The minimum Gasteiger partial charge on any atom is -0.513 e. The van der Waals surface area contributed by atoms with E-state index in [-0.39, 0.29) is 0 Å². The van der Waals surface area contributed by atoms with Crippen molar-refractivity contribution in [2.24, 2.45) is 0 Å². The number of hydrogen-bond donors (Lipinski definition) is 1. The van der Waals surface area contributed by atoms with E-state index in [2.05, 4.69) is 6.58 Å². The van der Waals surface area contributed by atoms with Crippen molar-refractivity contribution < 1.29 is 79.7 Å². The molecule has 0 saturated carbocycles. The van der Waals surface area contributed by atoms with E-state index in [0.29, 0.717) is 0 Å². The van der Waals surface area contributed by atoms with Crippen LogP contribution >= 0.6 is 0 Å². The second-order valence-electron chi connectivity index (χ2n) is 5.39. The van der Waals surface area contributed by atoms with Crippen LogP contribution in [-0.4, -0.2) is 52.7 Å². The highest BCUT2D eigenvalue weighted by Crippen LogP contribution is 2.64. The maximum absolute atomic E-state index is 13.2. The number of halogens is 17. The van der Waals surface area contributed by atoms with Gasteiger partial charge in [-0.25, -0.2) is 0 Å². The van der Waals surface area contributed by atoms with Gasteiger partial charge in [0, 0.05) is 0 Å². The molecule has 0 aromatic rings. The fourth-order valence-corrected chi connectivity index (χ4v) is 1.56. The Morgan fingerprint density at radius 2 is 0.724 bits per heavy atom.